The molecule has 0 fully saturated rings. The number of rotatable bonds is 5. The van der Waals surface area contributed by atoms with E-state index in [-0.39, 0.29) is 6.04 Å². The highest BCUT2D eigenvalue weighted by molar-refractivity contribution is 6.46. The van der Waals surface area contributed by atoms with Crippen molar-refractivity contribution in [1.82, 2.24) is 4.90 Å². The number of para-hydroxylation sites is 1. The smallest absolute Gasteiger partial charge is 0.296 e. The minimum Gasteiger partial charge on any atom is -0.367 e. The summed E-state index contributed by atoms with van der Waals surface area (Å²) < 4.78 is 0. The van der Waals surface area contributed by atoms with E-state index in [4.69, 9.17) is 11.6 Å². The third-order valence-electron chi connectivity index (χ3n) is 4.68. The van der Waals surface area contributed by atoms with Crippen molar-refractivity contribution in [3.8, 4) is 0 Å². The second-order valence-electron chi connectivity index (χ2n) is 6.52. The summed E-state index contributed by atoms with van der Waals surface area (Å²) >= 11 is 5.94. The quantitative estimate of drug-likeness (QED) is 0.795. The highest BCUT2D eigenvalue weighted by atomic mass is 35.5. The number of ketones is 1. The van der Waals surface area contributed by atoms with E-state index in [0.717, 1.165) is 11.3 Å². The lowest BCUT2D eigenvalue weighted by molar-refractivity contribution is -0.132. The molecule has 0 aromatic heterocycles. The van der Waals surface area contributed by atoms with Crippen LogP contribution in [-0.2, 0) is 16.1 Å². The van der Waals surface area contributed by atoms with Crippen molar-refractivity contribution < 1.29 is 9.59 Å². The zero-order chi connectivity index (χ0) is 18.7. The fraction of sp³-hybridized carbons (Fsp3) is 0.238. The van der Waals surface area contributed by atoms with Crippen LogP contribution in [-0.4, -0.2) is 22.6 Å². The van der Waals surface area contributed by atoms with Crippen LogP contribution in [0.25, 0.3) is 0 Å². The highest BCUT2D eigenvalue weighted by Crippen LogP contribution is 2.31. The Balaban J connectivity index is 1.74. The lowest BCUT2D eigenvalue weighted by atomic mass is 10.1. The van der Waals surface area contributed by atoms with Gasteiger partial charge >= 0.3 is 0 Å². The summed E-state index contributed by atoms with van der Waals surface area (Å²) in [7, 11) is 0. The summed E-state index contributed by atoms with van der Waals surface area (Å²) in [6, 6.07) is 16.8. The van der Waals surface area contributed by atoms with Gasteiger partial charge in [0.05, 0.1) is 0 Å². The average Bonchev–Trinajstić information content (AvgIpc) is 2.92. The Morgan fingerprint density at radius 2 is 1.77 bits per heavy atom. The van der Waals surface area contributed by atoms with Crippen LogP contribution in [0.5, 0.6) is 0 Å². The predicted octanol–water partition coefficient (Wildman–Crippen LogP) is 4.42. The van der Waals surface area contributed by atoms with Gasteiger partial charge < -0.3 is 10.2 Å². The molecule has 1 aliphatic heterocycles. The molecule has 1 N–H and O–H groups in total. The lowest BCUT2D eigenvalue weighted by Crippen LogP contribution is -2.25. The van der Waals surface area contributed by atoms with Crippen molar-refractivity contribution in [2.45, 2.75) is 32.9 Å². The molecule has 1 amide bonds. The van der Waals surface area contributed by atoms with Gasteiger partial charge in [0.2, 0.25) is 5.78 Å². The van der Waals surface area contributed by atoms with Gasteiger partial charge in [0, 0.05) is 34.6 Å². The number of allylic oxidation sites excluding steroid dienone is 1. The molecule has 1 atom stereocenters. The number of halogens is 1. The molecule has 1 heterocycles. The zero-order valence-electron chi connectivity index (χ0n) is 14.8. The van der Waals surface area contributed by atoms with Crippen molar-refractivity contribution in [1.29, 1.82) is 0 Å². The Kier molecular flexibility index (Phi) is 5.43. The van der Waals surface area contributed by atoms with Crippen LogP contribution in [0.3, 0.4) is 0 Å². The monoisotopic (exact) mass is 368 g/mol. The number of benzene rings is 2. The van der Waals surface area contributed by atoms with Gasteiger partial charge in [-0.25, -0.2) is 0 Å². The standard InChI is InChI=1S/C21H21ClN2O2/c1-14-12-19(20(25)21(26)23-18-6-4-3-5-7-18)15(2)24(14)13-16-8-10-17(22)11-9-16/h3-11,14H,12-13H2,1-2H3,(H,23,26). The molecule has 26 heavy (non-hydrogen) atoms. The van der Waals surface area contributed by atoms with E-state index in [0.29, 0.717) is 29.2 Å². The number of carbonyl (C=O) groups excluding carboxylic acids is 2. The first-order chi connectivity index (χ1) is 12.5. The van der Waals surface area contributed by atoms with Gasteiger partial charge in [-0.1, -0.05) is 41.9 Å². The Labute approximate surface area is 158 Å². The number of hydrogen-bond acceptors (Lipinski definition) is 3. The second kappa shape index (κ2) is 7.75. The van der Waals surface area contributed by atoms with Crippen molar-refractivity contribution in [2.24, 2.45) is 0 Å². The third kappa shape index (κ3) is 3.97. The summed E-state index contributed by atoms with van der Waals surface area (Å²) in [5.74, 6) is -1.05. The maximum atomic E-state index is 12.6. The van der Waals surface area contributed by atoms with Crippen LogP contribution in [0.2, 0.25) is 5.02 Å². The molecule has 134 valence electrons. The van der Waals surface area contributed by atoms with E-state index in [1.807, 2.05) is 49.4 Å². The van der Waals surface area contributed by atoms with E-state index in [1.54, 1.807) is 12.1 Å². The van der Waals surface area contributed by atoms with Crippen molar-refractivity contribution in [2.75, 3.05) is 5.32 Å². The molecule has 0 aliphatic carbocycles. The van der Waals surface area contributed by atoms with Crippen molar-refractivity contribution >= 4 is 29.0 Å². The molecule has 2 aromatic rings. The fourth-order valence-corrected chi connectivity index (χ4v) is 3.35. The molecule has 4 nitrogen and oxygen atoms in total. The molecule has 0 bridgehead atoms. The molecule has 0 spiro atoms. The van der Waals surface area contributed by atoms with Crippen LogP contribution in [0.1, 0.15) is 25.8 Å². The van der Waals surface area contributed by atoms with Gasteiger partial charge in [0.1, 0.15) is 0 Å². The van der Waals surface area contributed by atoms with E-state index in [1.165, 1.54) is 0 Å². The molecule has 2 aromatic carbocycles. The molecule has 3 rings (SSSR count). The van der Waals surface area contributed by atoms with Gasteiger partial charge in [-0.05, 0) is 50.1 Å². The number of carbonyl (C=O) groups is 2. The van der Waals surface area contributed by atoms with E-state index in [2.05, 4.69) is 17.1 Å². The number of nitrogens with one attached hydrogen (secondary N) is 1. The summed E-state index contributed by atoms with van der Waals surface area (Å²) in [6.45, 7) is 4.65. The Morgan fingerprint density at radius 3 is 2.42 bits per heavy atom. The number of hydrogen-bond donors (Lipinski definition) is 1. The van der Waals surface area contributed by atoms with Crippen LogP contribution in [0, 0.1) is 0 Å². The van der Waals surface area contributed by atoms with Crippen LogP contribution in [0.15, 0.2) is 65.9 Å². The fourth-order valence-electron chi connectivity index (χ4n) is 3.22. The molecule has 0 radical (unpaired) electrons. The first-order valence-corrected chi connectivity index (χ1v) is 8.95. The minimum atomic E-state index is -0.592. The Hall–Kier alpha value is -2.59. The van der Waals surface area contributed by atoms with Crippen LogP contribution >= 0.6 is 11.6 Å². The molecule has 0 saturated carbocycles. The zero-order valence-corrected chi connectivity index (χ0v) is 15.6. The van der Waals surface area contributed by atoms with Crippen LogP contribution in [0.4, 0.5) is 5.69 Å². The highest BCUT2D eigenvalue weighted by Gasteiger charge is 2.32. The summed E-state index contributed by atoms with van der Waals surface area (Å²) in [6.07, 6.45) is 0.570. The molecular formula is C21H21ClN2O2. The molecule has 0 saturated heterocycles. The lowest BCUT2D eigenvalue weighted by Gasteiger charge is -2.26. The van der Waals surface area contributed by atoms with Gasteiger partial charge in [-0.2, -0.15) is 0 Å². The summed E-state index contributed by atoms with van der Waals surface area (Å²) in [4.78, 5) is 27.1. The second-order valence-corrected chi connectivity index (χ2v) is 6.96. The van der Waals surface area contributed by atoms with Crippen molar-refractivity contribution in [3.63, 3.8) is 0 Å². The molecule has 1 aliphatic rings. The topological polar surface area (TPSA) is 49.4 Å². The number of Topliss-reactive ketones (excluding diaryl/α,β-unsaturated/α-hetero) is 1. The SMILES string of the molecule is CC1=C(C(=O)C(=O)Nc2ccccc2)CC(C)N1Cc1ccc(Cl)cc1. The maximum Gasteiger partial charge on any atom is 0.296 e. The molecule has 1 unspecified atom stereocenters. The first kappa shape index (κ1) is 18.2. The molecule has 5 heteroatoms. The van der Waals surface area contributed by atoms with Crippen LogP contribution < -0.4 is 5.32 Å². The number of anilines is 1. The van der Waals surface area contributed by atoms with E-state index in [9.17, 15) is 9.59 Å². The Bertz CT molecular complexity index is 844. The minimum absolute atomic E-state index is 0.161. The van der Waals surface area contributed by atoms with Gasteiger partial charge in [0.15, 0.2) is 0 Å². The normalized spacial score (nSPS) is 16.7. The first-order valence-electron chi connectivity index (χ1n) is 8.57. The summed E-state index contributed by atoms with van der Waals surface area (Å²) in [5, 5.41) is 3.37. The van der Waals surface area contributed by atoms with Gasteiger partial charge in [-0.15, -0.1) is 0 Å². The number of amides is 1. The van der Waals surface area contributed by atoms with E-state index >= 15 is 0 Å². The Morgan fingerprint density at radius 1 is 1.12 bits per heavy atom. The van der Waals surface area contributed by atoms with E-state index < -0.39 is 11.7 Å². The maximum absolute atomic E-state index is 12.6. The van der Waals surface area contributed by atoms with Gasteiger partial charge in [0.25, 0.3) is 5.91 Å². The number of nitrogens with zero attached hydrogens (tertiary/aromatic N) is 1. The van der Waals surface area contributed by atoms with Crippen molar-refractivity contribution in [3.05, 3.63) is 76.5 Å². The van der Waals surface area contributed by atoms with Gasteiger partial charge in [-0.3, -0.25) is 9.59 Å². The predicted molar refractivity (Wildman–Crippen MR) is 104 cm³/mol. The third-order valence-corrected chi connectivity index (χ3v) is 4.93. The molecular weight excluding hydrogens is 348 g/mol. The average molecular weight is 369 g/mol. The summed E-state index contributed by atoms with van der Waals surface area (Å²) in [5.41, 5.74) is 3.18. The largest absolute Gasteiger partial charge is 0.367 e.